The molecule has 0 N–H and O–H groups in total. The number of ether oxygens (including phenoxy) is 3. The van der Waals surface area contributed by atoms with Gasteiger partial charge in [-0.2, -0.15) is 0 Å². The van der Waals surface area contributed by atoms with E-state index in [2.05, 4.69) is 0 Å². The van der Waals surface area contributed by atoms with Crippen LogP contribution in [0.1, 0.15) is 26.3 Å². The zero-order valence-corrected chi connectivity index (χ0v) is 16.1. The molecule has 0 bridgehead atoms. The van der Waals surface area contributed by atoms with Crippen molar-refractivity contribution in [3.8, 4) is 17.2 Å². The number of carbonyl (C=O) groups is 2. The summed E-state index contributed by atoms with van der Waals surface area (Å²) in [6.45, 7) is 0.327. The van der Waals surface area contributed by atoms with E-state index in [1.807, 2.05) is 30.3 Å². The lowest BCUT2D eigenvalue weighted by atomic mass is 10.1. The maximum absolute atomic E-state index is 13.0. The number of hydrogen-bond acceptors (Lipinski definition) is 5. The lowest BCUT2D eigenvalue weighted by Gasteiger charge is -2.15. The number of rotatable bonds is 3. The Morgan fingerprint density at radius 3 is 2.65 bits per heavy atom. The summed E-state index contributed by atoms with van der Waals surface area (Å²) in [5, 5.41) is 0. The summed E-state index contributed by atoms with van der Waals surface area (Å²) < 4.78 is 29.8. The van der Waals surface area contributed by atoms with Gasteiger partial charge in [-0.1, -0.05) is 18.2 Å². The summed E-state index contributed by atoms with van der Waals surface area (Å²) in [5.41, 5.74) is 2.32. The van der Waals surface area contributed by atoms with E-state index in [4.69, 9.17) is 14.2 Å². The van der Waals surface area contributed by atoms with Crippen molar-refractivity contribution in [1.82, 2.24) is 0 Å². The highest BCUT2D eigenvalue weighted by Gasteiger charge is 2.28. The van der Waals surface area contributed by atoms with Crippen molar-refractivity contribution in [1.29, 1.82) is 0 Å². The van der Waals surface area contributed by atoms with Crippen molar-refractivity contribution < 1.29 is 28.2 Å². The fourth-order valence-electron chi connectivity index (χ4n) is 3.37. The van der Waals surface area contributed by atoms with Crippen LogP contribution < -0.4 is 14.2 Å². The van der Waals surface area contributed by atoms with Gasteiger partial charge in [-0.05, 0) is 60.2 Å². The van der Waals surface area contributed by atoms with Gasteiger partial charge in [0.15, 0.2) is 5.76 Å². The lowest BCUT2D eigenvalue weighted by Crippen LogP contribution is -2.08. The Morgan fingerprint density at radius 1 is 1.00 bits per heavy atom. The quantitative estimate of drug-likeness (QED) is 0.344. The highest BCUT2D eigenvalue weighted by Crippen LogP contribution is 2.35. The summed E-state index contributed by atoms with van der Waals surface area (Å²) >= 11 is 0. The normalized spacial score (nSPS) is 15.5. The Hall–Kier alpha value is -4.19. The van der Waals surface area contributed by atoms with Crippen LogP contribution in [-0.4, -0.2) is 18.4 Å². The van der Waals surface area contributed by atoms with E-state index >= 15 is 0 Å². The molecular formula is C25H15FO5. The maximum Gasteiger partial charge on any atom is 0.343 e. The average Bonchev–Trinajstić information content (AvgIpc) is 3.08. The van der Waals surface area contributed by atoms with Crippen LogP contribution in [0.5, 0.6) is 17.2 Å². The van der Waals surface area contributed by atoms with E-state index in [1.165, 1.54) is 36.4 Å². The average molecular weight is 414 g/mol. The van der Waals surface area contributed by atoms with Crippen LogP contribution in [-0.2, 0) is 0 Å². The molecule has 5 nitrogen and oxygen atoms in total. The van der Waals surface area contributed by atoms with Crippen LogP contribution in [0.25, 0.3) is 6.08 Å². The molecular weight excluding hydrogens is 399 g/mol. The topological polar surface area (TPSA) is 61.8 Å². The second-order valence-electron chi connectivity index (χ2n) is 7.04. The van der Waals surface area contributed by atoms with Crippen LogP contribution in [0.3, 0.4) is 0 Å². The molecule has 31 heavy (non-hydrogen) atoms. The van der Waals surface area contributed by atoms with Crippen molar-refractivity contribution in [2.45, 2.75) is 0 Å². The number of Topliss-reactive ketones (excluding diaryl/α,β-unsaturated/α-hetero) is 1. The standard InChI is InChI=1S/C25H15FO5/c26-18-7-5-16(6-8-18)25(28)30-19-9-10-20-22(13-19)31-23(24(20)27)12-15-11-17-3-1-2-4-21(17)29-14-15/h1-13H,14H2/b23-12+. The molecule has 0 unspecified atom stereocenters. The third-order valence-electron chi connectivity index (χ3n) is 4.90. The molecule has 0 saturated carbocycles. The van der Waals surface area contributed by atoms with Gasteiger partial charge in [0.25, 0.3) is 0 Å². The third-order valence-corrected chi connectivity index (χ3v) is 4.90. The number of ketones is 1. The SMILES string of the molecule is O=C(Oc1ccc2c(c1)O/C(=C/C1=Cc3ccccc3OC1)C2=O)c1ccc(F)cc1. The number of para-hydroxylation sites is 1. The van der Waals surface area contributed by atoms with E-state index in [1.54, 1.807) is 12.1 Å². The molecule has 3 aromatic rings. The van der Waals surface area contributed by atoms with Crippen LogP contribution >= 0.6 is 0 Å². The zero-order chi connectivity index (χ0) is 21.4. The van der Waals surface area contributed by atoms with Crippen molar-refractivity contribution in [2.75, 3.05) is 6.61 Å². The number of halogens is 1. The first-order chi connectivity index (χ1) is 15.1. The summed E-state index contributed by atoms with van der Waals surface area (Å²) in [7, 11) is 0. The van der Waals surface area contributed by atoms with Crippen LogP contribution in [0.15, 0.2) is 84.1 Å². The van der Waals surface area contributed by atoms with E-state index in [9.17, 15) is 14.0 Å². The van der Waals surface area contributed by atoms with E-state index in [0.717, 1.165) is 16.9 Å². The van der Waals surface area contributed by atoms with Crippen molar-refractivity contribution in [3.63, 3.8) is 0 Å². The van der Waals surface area contributed by atoms with Gasteiger partial charge in [-0.3, -0.25) is 4.79 Å². The Bertz CT molecular complexity index is 1270. The molecule has 0 atom stereocenters. The molecule has 2 heterocycles. The Balaban J connectivity index is 1.35. The number of carbonyl (C=O) groups excluding carboxylic acids is 2. The van der Waals surface area contributed by atoms with Crippen molar-refractivity contribution >= 4 is 17.8 Å². The molecule has 152 valence electrons. The van der Waals surface area contributed by atoms with Gasteiger partial charge >= 0.3 is 5.97 Å². The minimum atomic E-state index is -0.636. The van der Waals surface area contributed by atoms with Crippen LogP contribution in [0, 0.1) is 5.82 Å². The van der Waals surface area contributed by atoms with E-state index in [0.29, 0.717) is 17.9 Å². The highest BCUT2D eigenvalue weighted by molar-refractivity contribution is 6.12. The maximum atomic E-state index is 13.0. The third kappa shape index (κ3) is 3.71. The first-order valence-electron chi connectivity index (χ1n) is 9.55. The fourth-order valence-corrected chi connectivity index (χ4v) is 3.37. The molecule has 0 saturated heterocycles. The minimum absolute atomic E-state index is 0.172. The van der Waals surface area contributed by atoms with E-state index < -0.39 is 11.8 Å². The van der Waals surface area contributed by atoms with Crippen LogP contribution in [0.2, 0.25) is 0 Å². The largest absolute Gasteiger partial charge is 0.488 e. The first-order valence-corrected chi connectivity index (χ1v) is 9.55. The molecule has 0 radical (unpaired) electrons. The summed E-state index contributed by atoms with van der Waals surface area (Å²) in [6, 6.07) is 17.2. The van der Waals surface area contributed by atoms with Gasteiger partial charge < -0.3 is 14.2 Å². The number of fused-ring (bicyclic) bond motifs is 2. The van der Waals surface area contributed by atoms with Crippen molar-refractivity contribution in [2.24, 2.45) is 0 Å². The second-order valence-corrected chi connectivity index (χ2v) is 7.04. The van der Waals surface area contributed by atoms with Gasteiger partial charge in [-0.15, -0.1) is 0 Å². The molecule has 0 aliphatic carbocycles. The summed E-state index contributed by atoms with van der Waals surface area (Å²) in [4.78, 5) is 24.9. The van der Waals surface area contributed by atoms with Gasteiger partial charge in [0.2, 0.25) is 5.78 Å². The predicted molar refractivity (Wildman–Crippen MR) is 111 cm³/mol. The molecule has 3 aromatic carbocycles. The number of allylic oxidation sites excluding steroid dienone is 1. The zero-order valence-electron chi connectivity index (χ0n) is 16.1. The first kappa shape index (κ1) is 18.8. The monoisotopic (exact) mass is 414 g/mol. The summed E-state index contributed by atoms with van der Waals surface area (Å²) in [5.74, 6) is 0.150. The Kier molecular flexibility index (Phi) is 4.59. The fraction of sp³-hybridized carbons (Fsp3) is 0.0400. The number of hydrogen-bond donors (Lipinski definition) is 0. The second kappa shape index (κ2) is 7.57. The highest BCUT2D eigenvalue weighted by atomic mass is 19.1. The number of benzene rings is 3. The summed E-state index contributed by atoms with van der Waals surface area (Å²) in [6.07, 6.45) is 3.60. The van der Waals surface area contributed by atoms with Crippen molar-refractivity contribution in [3.05, 3.63) is 107 Å². The molecule has 0 fully saturated rings. The van der Waals surface area contributed by atoms with Gasteiger partial charge in [0.1, 0.15) is 29.7 Å². The van der Waals surface area contributed by atoms with Crippen LogP contribution in [0.4, 0.5) is 4.39 Å². The minimum Gasteiger partial charge on any atom is -0.488 e. The molecule has 6 heteroatoms. The van der Waals surface area contributed by atoms with Gasteiger partial charge in [0, 0.05) is 11.6 Å². The number of esters is 1. The molecule has 0 aromatic heterocycles. The Morgan fingerprint density at radius 2 is 1.81 bits per heavy atom. The molecule has 0 amide bonds. The molecule has 0 spiro atoms. The Labute approximate surface area is 177 Å². The predicted octanol–water partition coefficient (Wildman–Crippen LogP) is 4.98. The smallest absolute Gasteiger partial charge is 0.343 e. The molecule has 5 rings (SSSR count). The van der Waals surface area contributed by atoms with Gasteiger partial charge in [-0.25, -0.2) is 9.18 Å². The van der Waals surface area contributed by atoms with E-state index in [-0.39, 0.29) is 22.9 Å². The molecule has 2 aliphatic heterocycles. The lowest BCUT2D eigenvalue weighted by molar-refractivity contribution is 0.0734. The van der Waals surface area contributed by atoms with Gasteiger partial charge in [0.05, 0.1) is 11.1 Å². The molecule has 2 aliphatic rings.